The molecule has 6 heteroatoms. The van der Waals surface area contributed by atoms with Crippen molar-refractivity contribution >= 4 is 17.3 Å². The predicted molar refractivity (Wildman–Crippen MR) is 54.8 cm³/mol. The second-order valence-electron chi connectivity index (χ2n) is 2.86. The standard InChI is InChI=1S/C9H7N3O2S/c1-5-2-3-10-7(12-5)8-11-4-6(15-8)9(13)14/h2-4H,1H3,(H,13,14). The molecular formula is C9H7N3O2S. The zero-order chi connectivity index (χ0) is 10.8. The SMILES string of the molecule is Cc1ccnc(-c2ncc(C(=O)O)s2)n1. The molecule has 2 rings (SSSR count). The molecule has 0 unspecified atom stereocenters. The average molecular weight is 221 g/mol. The maximum absolute atomic E-state index is 10.6. The highest BCUT2D eigenvalue weighted by Crippen LogP contribution is 2.21. The molecule has 1 N–H and O–H groups in total. The molecule has 76 valence electrons. The van der Waals surface area contributed by atoms with E-state index in [2.05, 4.69) is 15.0 Å². The van der Waals surface area contributed by atoms with Gasteiger partial charge in [-0.1, -0.05) is 0 Å². The van der Waals surface area contributed by atoms with Crippen molar-refractivity contribution < 1.29 is 9.90 Å². The third-order valence-electron chi connectivity index (χ3n) is 1.70. The first-order valence-electron chi connectivity index (χ1n) is 4.16. The third-order valence-corrected chi connectivity index (χ3v) is 2.68. The van der Waals surface area contributed by atoms with E-state index in [1.165, 1.54) is 6.20 Å². The molecule has 0 fully saturated rings. The highest BCUT2D eigenvalue weighted by Gasteiger charge is 2.11. The number of hydrogen-bond donors (Lipinski definition) is 1. The van der Waals surface area contributed by atoms with Crippen LogP contribution in [0.5, 0.6) is 0 Å². The monoisotopic (exact) mass is 221 g/mol. The van der Waals surface area contributed by atoms with Crippen LogP contribution in [-0.4, -0.2) is 26.0 Å². The lowest BCUT2D eigenvalue weighted by molar-refractivity contribution is 0.0702. The number of aromatic carboxylic acids is 1. The van der Waals surface area contributed by atoms with Gasteiger partial charge >= 0.3 is 5.97 Å². The minimum absolute atomic E-state index is 0.190. The maximum Gasteiger partial charge on any atom is 0.347 e. The molecule has 2 aromatic rings. The first-order chi connectivity index (χ1) is 7.16. The van der Waals surface area contributed by atoms with E-state index in [0.29, 0.717) is 10.8 Å². The quantitative estimate of drug-likeness (QED) is 0.833. The van der Waals surface area contributed by atoms with Gasteiger partial charge in [-0.3, -0.25) is 0 Å². The van der Waals surface area contributed by atoms with E-state index < -0.39 is 5.97 Å². The van der Waals surface area contributed by atoms with Crippen LogP contribution in [-0.2, 0) is 0 Å². The van der Waals surface area contributed by atoms with Crippen molar-refractivity contribution in [2.24, 2.45) is 0 Å². The van der Waals surface area contributed by atoms with E-state index in [9.17, 15) is 4.79 Å². The summed E-state index contributed by atoms with van der Waals surface area (Å²) in [7, 11) is 0. The first kappa shape index (κ1) is 9.72. The minimum atomic E-state index is -0.980. The van der Waals surface area contributed by atoms with Gasteiger partial charge in [0.15, 0.2) is 10.8 Å². The Balaban J connectivity index is 2.41. The number of hydrogen-bond acceptors (Lipinski definition) is 5. The van der Waals surface area contributed by atoms with Crippen molar-refractivity contribution in [1.29, 1.82) is 0 Å². The van der Waals surface area contributed by atoms with Crippen molar-refractivity contribution in [2.75, 3.05) is 0 Å². The number of thiazole rings is 1. The van der Waals surface area contributed by atoms with Gasteiger partial charge in [0.2, 0.25) is 0 Å². The predicted octanol–water partition coefficient (Wildman–Crippen LogP) is 1.61. The summed E-state index contributed by atoms with van der Waals surface area (Å²) in [6.45, 7) is 1.84. The number of rotatable bonds is 2. The smallest absolute Gasteiger partial charge is 0.347 e. The van der Waals surface area contributed by atoms with Gasteiger partial charge in [0.05, 0.1) is 6.20 Å². The third kappa shape index (κ3) is 1.99. The van der Waals surface area contributed by atoms with Crippen LogP contribution >= 0.6 is 11.3 Å². The molecule has 2 aromatic heterocycles. The van der Waals surface area contributed by atoms with E-state index in [-0.39, 0.29) is 4.88 Å². The van der Waals surface area contributed by atoms with E-state index in [4.69, 9.17) is 5.11 Å². The lowest BCUT2D eigenvalue weighted by Crippen LogP contribution is -1.90. The van der Waals surface area contributed by atoms with Crippen molar-refractivity contribution in [2.45, 2.75) is 6.92 Å². The van der Waals surface area contributed by atoms with Crippen molar-refractivity contribution in [3.05, 3.63) is 29.0 Å². The number of carboxylic acids is 1. The highest BCUT2D eigenvalue weighted by atomic mass is 32.1. The Labute approximate surface area is 89.5 Å². The molecule has 0 spiro atoms. The summed E-state index contributed by atoms with van der Waals surface area (Å²) in [4.78, 5) is 23.0. The summed E-state index contributed by atoms with van der Waals surface area (Å²) in [5.41, 5.74) is 0.826. The number of nitrogens with zero attached hydrogens (tertiary/aromatic N) is 3. The Morgan fingerprint density at radius 2 is 2.27 bits per heavy atom. The Hall–Kier alpha value is -1.82. The molecule has 0 aromatic carbocycles. The fraction of sp³-hybridized carbons (Fsp3) is 0.111. The fourth-order valence-electron chi connectivity index (χ4n) is 1.03. The molecule has 0 amide bonds. The largest absolute Gasteiger partial charge is 0.477 e. The lowest BCUT2D eigenvalue weighted by atomic mass is 10.4. The maximum atomic E-state index is 10.6. The molecule has 0 atom stereocenters. The van der Waals surface area contributed by atoms with Gasteiger partial charge in [0.25, 0.3) is 0 Å². The van der Waals surface area contributed by atoms with Crippen LogP contribution in [0.15, 0.2) is 18.5 Å². The van der Waals surface area contributed by atoms with E-state index in [1.807, 2.05) is 6.92 Å². The Morgan fingerprint density at radius 1 is 1.47 bits per heavy atom. The van der Waals surface area contributed by atoms with Crippen LogP contribution in [0.3, 0.4) is 0 Å². The van der Waals surface area contributed by atoms with Gasteiger partial charge in [-0.05, 0) is 13.0 Å². The molecular weight excluding hydrogens is 214 g/mol. The zero-order valence-electron chi connectivity index (χ0n) is 7.84. The Morgan fingerprint density at radius 3 is 2.87 bits per heavy atom. The fourth-order valence-corrected chi connectivity index (χ4v) is 1.72. The lowest BCUT2D eigenvalue weighted by Gasteiger charge is -1.94. The van der Waals surface area contributed by atoms with E-state index in [0.717, 1.165) is 17.0 Å². The van der Waals surface area contributed by atoms with Gasteiger partial charge < -0.3 is 5.11 Å². The number of aromatic nitrogens is 3. The van der Waals surface area contributed by atoms with Crippen LogP contribution in [0.2, 0.25) is 0 Å². The summed E-state index contributed by atoms with van der Waals surface area (Å²) >= 11 is 1.07. The molecule has 0 bridgehead atoms. The average Bonchev–Trinajstić information content (AvgIpc) is 2.66. The summed E-state index contributed by atoms with van der Waals surface area (Å²) in [6.07, 6.45) is 2.94. The van der Waals surface area contributed by atoms with Crippen LogP contribution < -0.4 is 0 Å². The normalized spacial score (nSPS) is 10.2. The highest BCUT2D eigenvalue weighted by molar-refractivity contribution is 7.16. The van der Waals surface area contributed by atoms with Gasteiger partial charge in [0.1, 0.15) is 4.88 Å². The number of carbonyl (C=O) groups is 1. The van der Waals surface area contributed by atoms with Gasteiger partial charge in [-0.15, -0.1) is 11.3 Å². The van der Waals surface area contributed by atoms with Crippen LogP contribution in [0, 0.1) is 6.92 Å². The Kier molecular flexibility index (Phi) is 2.42. The van der Waals surface area contributed by atoms with Gasteiger partial charge in [-0.25, -0.2) is 19.7 Å². The molecule has 15 heavy (non-hydrogen) atoms. The summed E-state index contributed by atoms with van der Waals surface area (Å²) in [5, 5.41) is 9.25. The van der Waals surface area contributed by atoms with Crippen molar-refractivity contribution in [1.82, 2.24) is 15.0 Å². The van der Waals surface area contributed by atoms with Crippen molar-refractivity contribution in [3.8, 4) is 10.8 Å². The van der Waals surface area contributed by atoms with Crippen LogP contribution in [0.1, 0.15) is 15.4 Å². The molecule has 0 aliphatic carbocycles. The van der Waals surface area contributed by atoms with E-state index in [1.54, 1.807) is 12.3 Å². The summed E-state index contributed by atoms with van der Waals surface area (Å²) < 4.78 is 0. The van der Waals surface area contributed by atoms with E-state index >= 15 is 0 Å². The minimum Gasteiger partial charge on any atom is -0.477 e. The van der Waals surface area contributed by atoms with Crippen molar-refractivity contribution in [3.63, 3.8) is 0 Å². The zero-order valence-corrected chi connectivity index (χ0v) is 8.65. The second-order valence-corrected chi connectivity index (χ2v) is 3.89. The molecule has 0 saturated carbocycles. The number of carboxylic acid groups (broad SMARTS) is 1. The topological polar surface area (TPSA) is 76.0 Å². The second kappa shape index (κ2) is 3.74. The van der Waals surface area contributed by atoms with Gasteiger partial charge in [0, 0.05) is 11.9 Å². The molecule has 0 saturated heterocycles. The van der Waals surface area contributed by atoms with Crippen LogP contribution in [0.25, 0.3) is 10.8 Å². The molecule has 5 nitrogen and oxygen atoms in total. The number of aryl methyl sites for hydroxylation is 1. The molecule has 2 heterocycles. The summed E-state index contributed by atoms with van der Waals surface area (Å²) in [5.74, 6) is -0.515. The Bertz CT molecular complexity index is 510. The van der Waals surface area contributed by atoms with Crippen LogP contribution in [0.4, 0.5) is 0 Å². The molecule has 0 aliphatic heterocycles. The molecule has 0 aliphatic rings. The molecule has 0 radical (unpaired) electrons. The summed E-state index contributed by atoms with van der Waals surface area (Å²) in [6, 6.07) is 1.77. The van der Waals surface area contributed by atoms with Gasteiger partial charge in [-0.2, -0.15) is 0 Å². The first-order valence-corrected chi connectivity index (χ1v) is 4.97.